The molecule has 0 atom stereocenters. The van der Waals surface area contributed by atoms with Gasteiger partial charge in [-0.3, -0.25) is 0 Å². The Labute approximate surface area is 145 Å². The normalized spacial score (nSPS) is 14.6. The molecule has 0 aliphatic carbocycles. The average Bonchev–Trinajstić information content (AvgIpc) is 2.97. The van der Waals surface area contributed by atoms with Gasteiger partial charge in [-0.15, -0.1) is 0 Å². The van der Waals surface area contributed by atoms with Crippen molar-refractivity contribution >= 4 is 15.5 Å². The van der Waals surface area contributed by atoms with E-state index >= 15 is 0 Å². The molecule has 0 bridgehead atoms. The third-order valence-electron chi connectivity index (χ3n) is 4.37. The van der Waals surface area contributed by atoms with Gasteiger partial charge in [-0.25, -0.2) is 8.42 Å². The van der Waals surface area contributed by atoms with E-state index in [1.165, 1.54) is 5.56 Å². The molecule has 0 aromatic heterocycles. The van der Waals surface area contributed by atoms with E-state index in [9.17, 15) is 21.6 Å². The van der Waals surface area contributed by atoms with Gasteiger partial charge in [-0.2, -0.15) is 13.2 Å². The highest BCUT2D eigenvalue weighted by molar-refractivity contribution is 7.91. The van der Waals surface area contributed by atoms with Crippen LogP contribution in [0.25, 0.3) is 0 Å². The number of rotatable bonds is 5. The van der Waals surface area contributed by atoms with Crippen LogP contribution in [0, 0.1) is 0 Å². The van der Waals surface area contributed by atoms with Crippen LogP contribution < -0.4 is 4.90 Å². The van der Waals surface area contributed by atoms with E-state index in [0.29, 0.717) is 13.0 Å². The second-order valence-corrected chi connectivity index (χ2v) is 8.17. The summed E-state index contributed by atoms with van der Waals surface area (Å²) in [6.07, 6.45) is -3.09. The van der Waals surface area contributed by atoms with Gasteiger partial charge < -0.3 is 4.90 Å². The number of halogens is 3. The number of alkyl halides is 3. The first-order valence-corrected chi connectivity index (χ1v) is 9.65. The summed E-state index contributed by atoms with van der Waals surface area (Å²) in [6, 6.07) is 11.7. The fourth-order valence-corrected chi connectivity index (χ4v) is 4.35. The predicted molar refractivity (Wildman–Crippen MR) is 90.5 cm³/mol. The van der Waals surface area contributed by atoms with Gasteiger partial charge in [0.1, 0.15) is 0 Å². The molecule has 0 saturated carbocycles. The zero-order valence-electron chi connectivity index (χ0n) is 13.5. The molecule has 0 spiro atoms. The van der Waals surface area contributed by atoms with Crippen molar-refractivity contribution in [3.63, 3.8) is 0 Å². The quantitative estimate of drug-likeness (QED) is 0.801. The minimum atomic E-state index is -4.47. The van der Waals surface area contributed by atoms with Gasteiger partial charge in [0.25, 0.3) is 0 Å². The Bertz CT molecular complexity index is 845. The summed E-state index contributed by atoms with van der Waals surface area (Å²) in [4.78, 5) is 2.08. The van der Waals surface area contributed by atoms with Crippen molar-refractivity contribution in [1.82, 2.24) is 0 Å². The van der Waals surface area contributed by atoms with Crippen molar-refractivity contribution in [2.75, 3.05) is 23.7 Å². The highest BCUT2D eigenvalue weighted by atomic mass is 32.2. The standard InChI is InChI=1S/C18H18F3NO2S/c19-18(20,21)15-6-8-16(9-7-15)25(23,24)13-3-11-22-12-10-14-4-1-2-5-17(14)22/h1-2,4-9H,3,10-13H2. The third kappa shape index (κ3) is 3.98. The van der Waals surface area contributed by atoms with Crippen LogP contribution in [0.4, 0.5) is 18.9 Å². The molecule has 0 amide bonds. The van der Waals surface area contributed by atoms with Crippen LogP contribution in [0.1, 0.15) is 17.5 Å². The van der Waals surface area contributed by atoms with E-state index in [0.717, 1.165) is 42.9 Å². The number of anilines is 1. The molecule has 2 aromatic carbocycles. The fourth-order valence-electron chi connectivity index (χ4n) is 3.05. The predicted octanol–water partition coefficient (Wildman–Crippen LogP) is 3.93. The van der Waals surface area contributed by atoms with Gasteiger partial charge in [0, 0.05) is 18.8 Å². The number of para-hydroxylation sites is 1. The Balaban J connectivity index is 1.61. The molecule has 0 N–H and O–H groups in total. The number of hydrogen-bond donors (Lipinski definition) is 0. The van der Waals surface area contributed by atoms with E-state index in [-0.39, 0.29) is 10.6 Å². The Hall–Kier alpha value is -2.02. The van der Waals surface area contributed by atoms with Crippen LogP contribution in [0.3, 0.4) is 0 Å². The van der Waals surface area contributed by atoms with Gasteiger partial charge in [-0.1, -0.05) is 18.2 Å². The monoisotopic (exact) mass is 369 g/mol. The topological polar surface area (TPSA) is 37.4 Å². The number of hydrogen-bond acceptors (Lipinski definition) is 3. The lowest BCUT2D eigenvalue weighted by atomic mass is 10.2. The Kier molecular flexibility index (Phi) is 4.77. The third-order valence-corrected chi connectivity index (χ3v) is 6.18. The molecule has 0 radical (unpaired) electrons. The molecule has 1 aliphatic rings. The number of nitrogens with zero attached hydrogens (tertiary/aromatic N) is 1. The molecule has 7 heteroatoms. The zero-order valence-corrected chi connectivity index (χ0v) is 14.3. The second kappa shape index (κ2) is 6.71. The minimum absolute atomic E-state index is 0.0673. The summed E-state index contributed by atoms with van der Waals surface area (Å²) in [6.45, 7) is 1.47. The maximum absolute atomic E-state index is 12.6. The number of benzene rings is 2. The van der Waals surface area contributed by atoms with Gasteiger partial charge >= 0.3 is 6.18 Å². The van der Waals surface area contributed by atoms with Crippen molar-refractivity contribution in [1.29, 1.82) is 0 Å². The zero-order chi connectivity index (χ0) is 18.1. The van der Waals surface area contributed by atoms with E-state index in [4.69, 9.17) is 0 Å². The minimum Gasteiger partial charge on any atom is -0.371 e. The first-order valence-electron chi connectivity index (χ1n) is 8.00. The maximum atomic E-state index is 12.6. The average molecular weight is 369 g/mol. The highest BCUT2D eigenvalue weighted by Gasteiger charge is 2.30. The molecular weight excluding hydrogens is 351 g/mol. The van der Waals surface area contributed by atoms with Crippen molar-refractivity contribution < 1.29 is 21.6 Å². The largest absolute Gasteiger partial charge is 0.416 e. The van der Waals surface area contributed by atoms with Crippen LogP contribution in [-0.2, 0) is 22.4 Å². The molecule has 134 valence electrons. The number of fused-ring (bicyclic) bond motifs is 1. The molecule has 0 unspecified atom stereocenters. The summed E-state index contributed by atoms with van der Waals surface area (Å²) in [7, 11) is -3.59. The van der Waals surface area contributed by atoms with Gasteiger partial charge in [0.15, 0.2) is 9.84 Å². The van der Waals surface area contributed by atoms with Gasteiger partial charge in [0.05, 0.1) is 16.2 Å². The lowest BCUT2D eigenvalue weighted by molar-refractivity contribution is -0.137. The summed E-state index contributed by atoms with van der Waals surface area (Å²) < 4.78 is 62.3. The molecular formula is C18H18F3NO2S. The molecule has 0 fully saturated rings. The van der Waals surface area contributed by atoms with E-state index in [2.05, 4.69) is 11.0 Å². The Morgan fingerprint density at radius 1 is 1.00 bits per heavy atom. The van der Waals surface area contributed by atoms with E-state index in [1.54, 1.807) is 0 Å². The van der Waals surface area contributed by atoms with E-state index < -0.39 is 21.6 Å². The van der Waals surface area contributed by atoms with Crippen LogP contribution in [0.2, 0.25) is 0 Å². The van der Waals surface area contributed by atoms with Crippen LogP contribution in [0.15, 0.2) is 53.4 Å². The smallest absolute Gasteiger partial charge is 0.371 e. The Morgan fingerprint density at radius 2 is 1.68 bits per heavy atom. The molecule has 0 saturated heterocycles. The molecule has 2 aromatic rings. The summed E-state index contributed by atoms with van der Waals surface area (Å²) in [5, 5.41) is 0. The maximum Gasteiger partial charge on any atom is 0.416 e. The fraction of sp³-hybridized carbons (Fsp3) is 0.333. The van der Waals surface area contributed by atoms with Crippen molar-refractivity contribution in [2.45, 2.75) is 23.9 Å². The SMILES string of the molecule is O=S(=O)(CCCN1CCc2ccccc21)c1ccc(C(F)(F)F)cc1. The first-order chi connectivity index (χ1) is 11.8. The molecule has 1 heterocycles. The molecule has 25 heavy (non-hydrogen) atoms. The first kappa shape index (κ1) is 17.8. The lowest BCUT2D eigenvalue weighted by Crippen LogP contribution is -2.23. The van der Waals surface area contributed by atoms with Crippen LogP contribution in [0.5, 0.6) is 0 Å². The molecule has 1 aliphatic heterocycles. The summed E-state index contributed by atoms with van der Waals surface area (Å²) >= 11 is 0. The number of sulfone groups is 1. The van der Waals surface area contributed by atoms with Crippen LogP contribution >= 0.6 is 0 Å². The second-order valence-electron chi connectivity index (χ2n) is 6.06. The van der Waals surface area contributed by atoms with Crippen molar-refractivity contribution in [3.05, 3.63) is 59.7 Å². The molecule has 3 nitrogen and oxygen atoms in total. The van der Waals surface area contributed by atoms with E-state index in [1.807, 2.05) is 18.2 Å². The lowest BCUT2D eigenvalue weighted by Gasteiger charge is -2.19. The van der Waals surface area contributed by atoms with Crippen molar-refractivity contribution in [2.24, 2.45) is 0 Å². The summed E-state index contributed by atoms with van der Waals surface area (Å²) in [5.74, 6) is -0.0863. The van der Waals surface area contributed by atoms with Gasteiger partial charge in [0.2, 0.25) is 0 Å². The van der Waals surface area contributed by atoms with Crippen molar-refractivity contribution in [3.8, 4) is 0 Å². The van der Waals surface area contributed by atoms with Crippen LogP contribution in [-0.4, -0.2) is 27.3 Å². The summed E-state index contributed by atoms with van der Waals surface area (Å²) in [5.41, 5.74) is 1.54. The molecule has 3 rings (SSSR count). The Morgan fingerprint density at radius 3 is 2.36 bits per heavy atom. The van der Waals surface area contributed by atoms with Gasteiger partial charge in [-0.05, 0) is 48.7 Å². The highest BCUT2D eigenvalue weighted by Crippen LogP contribution is 2.30.